The maximum atomic E-state index is 13.5. The summed E-state index contributed by atoms with van der Waals surface area (Å²) in [6, 6.07) is 12.8. The molecule has 108 valence electrons. The van der Waals surface area contributed by atoms with Gasteiger partial charge in [0.2, 0.25) is 0 Å². The van der Waals surface area contributed by atoms with Gasteiger partial charge in [-0.15, -0.1) is 0 Å². The minimum Gasteiger partial charge on any atom is -0.328 e. The molecule has 0 aliphatic heterocycles. The Hall–Kier alpha value is -2.20. The van der Waals surface area contributed by atoms with Crippen molar-refractivity contribution in [2.45, 2.75) is 26.4 Å². The summed E-state index contributed by atoms with van der Waals surface area (Å²) in [4.78, 5) is 4.65. The third-order valence-electron chi connectivity index (χ3n) is 3.79. The van der Waals surface area contributed by atoms with E-state index in [-0.39, 0.29) is 5.82 Å². The van der Waals surface area contributed by atoms with E-state index < -0.39 is 0 Å². The third-order valence-corrected chi connectivity index (χ3v) is 3.79. The molecular weight excluding hydrogens is 265 g/mol. The Balaban J connectivity index is 2.08. The molecule has 0 fully saturated rings. The molecule has 0 amide bonds. The fraction of sp³-hybridized carbons (Fsp3) is 0.235. The van der Waals surface area contributed by atoms with Gasteiger partial charge in [0.25, 0.3) is 0 Å². The molecule has 0 aliphatic carbocycles. The van der Waals surface area contributed by atoms with Crippen LogP contribution < -0.4 is 5.73 Å². The third kappa shape index (κ3) is 2.54. The van der Waals surface area contributed by atoms with Gasteiger partial charge >= 0.3 is 0 Å². The average molecular weight is 283 g/mol. The molecule has 0 atom stereocenters. The molecule has 1 aromatic heterocycles. The van der Waals surface area contributed by atoms with Crippen molar-refractivity contribution in [3.8, 4) is 0 Å². The highest BCUT2D eigenvalue weighted by Gasteiger charge is 2.12. The van der Waals surface area contributed by atoms with Crippen molar-refractivity contribution in [3.05, 3.63) is 65.2 Å². The van der Waals surface area contributed by atoms with Crippen LogP contribution in [0.3, 0.4) is 0 Å². The van der Waals surface area contributed by atoms with Gasteiger partial charge in [-0.25, -0.2) is 9.37 Å². The van der Waals surface area contributed by atoms with Gasteiger partial charge in [0, 0.05) is 19.5 Å². The second-order valence-corrected chi connectivity index (χ2v) is 5.05. The number of hydrogen-bond donors (Lipinski definition) is 1. The maximum absolute atomic E-state index is 13.5. The highest BCUT2D eigenvalue weighted by atomic mass is 19.1. The molecule has 1 heterocycles. The van der Waals surface area contributed by atoms with E-state index in [4.69, 9.17) is 5.73 Å². The molecule has 2 N–H and O–H groups in total. The van der Waals surface area contributed by atoms with Gasteiger partial charge in [0.15, 0.2) is 0 Å². The summed E-state index contributed by atoms with van der Waals surface area (Å²) in [5, 5.41) is 0. The van der Waals surface area contributed by atoms with E-state index in [1.54, 1.807) is 12.1 Å². The Morgan fingerprint density at radius 1 is 1.14 bits per heavy atom. The lowest BCUT2D eigenvalue weighted by atomic mass is 10.0. The van der Waals surface area contributed by atoms with Crippen molar-refractivity contribution in [1.82, 2.24) is 9.55 Å². The van der Waals surface area contributed by atoms with Gasteiger partial charge in [0.1, 0.15) is 11.6 Å². The molecule has 0 saturated heterocycles. The lowest BCUT2D eigenvalue weighted by Crippen LogP contribution is -2.06. The largest absolute Gasteiger partial charge is 0.328 e. The molecule has 0 saturated carbocycles. The number of nitrogens with two attached hydrogens (primary N) is 1. The van der Waals surface area contributed by atoms with Crippen LogP contribution in [0.5, 0.6) is 0 Å². The van der Waals surface area contributed by atoms with Crippen molar-refractivity contribution in [2.75, 3.05) is 0 Å². The van der Waals surface area contributed by atoms with Crippen molar-refractivity contribution >= 4 is 11.0 Å². The van der Waals surface area contributed by atoms with Crippen LogP contribution in [0.4, 0.5) is 4.39 Å². The monoisotopic (exact) mass is 283 g/mol. The smallest absolute Gasteiger partial charge is 0.125 e. The first-order valence-corrected chi connectivity index (χ1v) is 7.14. The summed E-state index contributed by atoms with van der Waals surface area (Å²) in [6.45, 7) is 3.32. The van der Waals surface area contributed by atoms with Crippen LogP contribution in [0.15, 0.2) is 42.5 Å². The number of benzene rings is 2. The van der Waals surface area contributed by atoms with Gasteiger partial charge in [-0.3, -0.25) is 0 Å². The summed E-state index contributed by atoms with van der Waals surface area (Å²) in [5.41, 5.74) is 9.77. The first kappa shape index (κ1) is 13.8. The van der Waals surface area contributed by atoms with E-state index >= 15 is 0 Å². The number of fused-ring (bicyclic) bond motifs is 1. The molecule has 4 heteroatoms. The summed E-state index contributed by atoms with van der Waals surface area (Å²) in [5.74, 6) is 0.713. The Bertz CT molecular complexity index is 777. The van der Waals surface area contributed by atoms with E-state index in [1.807, 2.05) is 25.1 Å². The number of imidazole rings is 1. The minimum atomic E-state index is -0.231. The second kappa shape index (κ2) is 5.66. The van der Waals surface area contributed by atoms with Crippen LogP contribution in [-0.2, 0) is 19.5 Å². The number of aromatic nitrogens is 2. The van der Waals surface area contributed by atoms with Crippen LogP contribution >= 0.6 is 0 Å². The van der Waals surface area contributed by atoms with E-state index in [1.165, 1.54) is 11.6 Å². The lowest BCUT2D eigenvalue weighted by Gasteiger charge is -2.09. The first-order valence-electron chi connectivity index (χ1n) is 7.14. The molecule has 2 aromatic carbocycles. The maximum Gasteiger partial charge on any atom is 0.125 e. The molecule has 0 aliphatic rings. The zero-order valence-corrected chi connectivity index (χ0v) is 12.0. The quantitative estimate of drug-likeness (QED) is 0.798. The predicted molar refractivity (Wildman–Crippen MR) is 82.5 cm³/mol. The number of hydrogen-bond acceptors (Lipinski definition) is 2. The van der Waals surface area contributed by atoms with Gasteiger partial charge in [-0.05, 0) is 36.2 Å². The number of halogens is 1. The predicted octanol–water partition coefficient (Wildman–Crippen LogP) is 3.24. The molecule has 0 unspecified atom stereocenters. The molecule has 3 nitrogen and oxygen atoms in total. The minimum absolute atomic E-state index is 0.231. The molecule has 0 radical (unpaired) electrons. The standard InChI is InChI=1S/C17H18FN3/c1-2-21-16-10-14(18)7-8-15(16)20-17(21)9-12-5-3-4-6-13(12)11-19/h3-8,10H,2,9,11,19H2,1H3. The molecular formula is C17H18FN3. The van der Waals surface area contributed by atoms with E-state index in [0.29, 0.717) is 13.0 Å². The molecule has 21 heavy (non-hydrogen) atoms. The van der Waals surface area contributed by atoms with Crippen molar-refractivity contribution in [2.24, 2.45) is 5.73 Å². The van der Waals surface area contributed by atoms with Gasteiger partial charge in [-0.2, -0.15) is 0 Å². The van der Waals surface area contributed by atoms with Crippen LogP contribution in [0, 0.1) is 5.82 Å². The molecule has 3 rings (SSSR count). The Kier molecular flexibility index (Phi) is 3.71. The van der Waals surface area contributed by atoms with Gasteiger partial charge < -0.3 is 10.3 Å². The number of rotatable bonds is 4. The van der Waals surface area contributed by atoms with Crippen LogP contribution in [0.2, 0.25) is 0 Å². The van der Waals surface area contributed by atoms with E-state index in [0.717, 1.165) is 29.0 Å². The van der Waals surface area contributed by atoms with E-state index in [2.05, 4.69) is 15.6 Å². The topological polar surface area (TPSA) is 43.8 Å². The van der Waals surface area contributed by atoms with Crippen LogP contribution in [0.25, 0.3) is 11.0 Å². The van der Waals surface area contributed by atoms with Gasteiger partial charge in [-0.1, -0.05) is 24.3 Å². The summed E-state index contributed by atoms with van der Waals surface area (Å²) in [7, 11) is 0. The highest BCUT2D eigenvalue weighted by molar-refractivity contribution is 5.76. The van der Waals surface area contributed by atoms with E-state index in [9.17, 15) is 4.39 Å². The normalized spacial score (nSPS) is 11.2. The molecule has 0 spiro atoms. The molecule has 3 aromatic rings. The van der Waals surface area contributed by atoms with Crippen molar-refractivity contribution < 1.29 is 4.39 Å². The zero-order valence-electron chi connectivity index (χ0n) is 12.0. The van der Waals surface area contributed by atoms with Crippen molar-refractivity contribution in [3.63, 3.8) is 0 Å². The van der Waals surface area contributed by atoms with Gasteiger partial charge in [0.05, 0.1) is 11.0 Å². The first-order chi connectivity index (χ1) is 10.2. The number of aryl methyl sites for hydroxylation is 1. The highest BCUT2D eigenvalue weighted by Crippen LogP contribution is 2.21. The zero-order chi connectivity index (χ0) is 14.8. The number of nitrogens with zero attached hydrogens (tertiary/aromatic N) is 2. The fourth-order valence-electron chi connectivity index (χ4n) is 2.73. The Labute approximate surface area is 123 Å². The Morgan fingerprint density at radius 2 is 1.90 bits per heavy atom. The summed E-state index contributed by atoms with van der Waals surface area (Å²) in [6.07, 6.45) is 0.706. The SMILES string of the molecule is CCn1c(Cc2ccccc2CN)nc2ccc(F)cc21. The fourth-order valence-corrected chi connectivity index (χ4v) is 2.73. The van der Waals surface area contributed by atoms with Crippen molar-refractivity contribution in [1.29, 1.82) is 0 Å². The van der Waals surface area contributed by atoms with Crippen LogP contribution in [0.1, 0.15) is 23.9 Å². The van der Waals surface area contributed by atoms with Crippen LogP contribution in [-0.4, -0.2) is 9.55 Å². The molecule has 0 bridgehead atoms. The average Bonchev–Trinajstić information content (AvgIpc) is 2.84. The summed E-state index contributed by atoms with van der Waals surface area (Å²) >= 11 is 0. The second-order valence-electron chi connectivity index (χ2n) is 5.05. The lowest BCUT2D eigenvalue weighted by molar-refractivity contribution is 0.627. The summed E-state index contributed by atoms with van der Waals surface area (Å²) < 4.78 is 15.5. The Morgan fingerprint density at radius 3 is 2.62 bits per heavy atom.